The molecule has 12 heavy (non-hydrogen) atoms. The lowest BCUT2D eigenvalue weighted by atomic mass is 9.96. The third kappa shape index (κ3) is 1.15. The fourth-order valence-corrected chi connectivity index (χ4v) is 1.31. The van der Waals surface area contributed by atoms with Crippen LogP contribution in [0.5, 0.6) is 0 Å². The van der Waals surface area contributed by atoms with Gasteiger partial charge in [-0.25, -0.2) is 0 Å². The van der Waals surface area contributed by atoms with Crippen LogP contribution in [0.15, 0.2) is 9.59 Å². The maximum atomic E-state index is 11.0. The van der Waals surface area contributed by atoms with Crippen LogP contribution in [0.25, 0.3) is 0 Å². The first kappa shape index (κ1) is 8.97. The van der Waals surface area contributed by atoms with Crippen LogP contribution in [0.4, 0.5) is 5.69 Å². The molecule has 1 aromatic carbocycles. The van der Waals surface area contributed by atoms with Crippen molar-refractivity contribution in [2.45, 2.75) is 26.7 Å². The highest BCUT2D eigenvalue weighted by atomic mass is 16.2. The molecule has 0 saturated heterocycles. The SMILES string of the molecule is CCNc1c(C(C)C)c(=O)c1=O. The van der Waals surface area contributed by atoms with Gasteiger partial charge in [-0.1, -0.05) is 13.8 Å². The standard InChI is InChI=1S/C9H13NO2/c1-4-10-7-6(5(2)3)8(11)9(7)12/h5,10H,4H2,1-3H3. The van der Waals surface area contributed by atoms with E-state index in [-0.39, 0.29) is 16.8 Å². The molecule has 0 radical (unpaired) electrons. The van der Waals surface area contributed by atoms with E-state index in [1.807, 2.05) is 20.8 Å². The van der Waals surface area contributed by atoms with Gasteiger partial charge in [-0.05, 0) is 12.8 Å². The first-order valence-electron chi connectivity index (χ1n) is 4.16. The number of hydrogen-bond acceptors (Lipinski definition) is 3. The van der Waals surface area contributed by atoms with Crippen molar-refractivity contribution < 1.29 is 0 Å². The Balaban J connectivity index is 3.05. The molecule has 0 saturated carbocycles. The zero-order chi connectivity index (χ0) is 9.30. The molecule has 0 aliphatic carbocycles. The Hall–Kier alpha value is -1.12. The van der Waals surface area contributed by atoms with Crippen molar-refractivity contribution in [2.75, 3.05) is 11.9 Å². The maximum Gasteiger partial charge on any atom is 0.249 e. The summed E-state index contributed by atoms with van der Waals surface area (Å²) in [6.07, 6.45) is 0. The van der Waals surface area contributed by atoms with Crippen LogP contribution in [0, 0.1) is 0 Å². The molecule has 1 rings (SSSR count). The lowest BCUT2D eigenvalue weighted by Gasteiger charge is -2.13. The Labute approximate surface area is 71.1 Å². The Morgan fingerprint density at radius 3 is 2.25 bits per heavy atom. The largest absolute Gasteiger partial charge is 0.382 e. The molecule has 3 nitrogen and oxygen atoms in total. The average Bonchev–Trinajstić information content (AvgIpc) is 2.02. The van der Waals surface area contributed by atoms with E-state index in [1.165, 1.54) is 0 Å². The van der Waals surface area contributed by atoms with Crippen LogP contribution < -0.4 is 16.2 Å². The molecule has 0 aliphatic heterocycles. The van der Waals surface area contributed by atoms with Crippen LogP contribution in [-0.2, 0) is 0 Å². The third-order valence-corrected chi connectivity index (χ3v) is 1.88. The summed E-state index contributed by atoms with van der Waals surface area (Å²) in [6.45, 7) is 6.42. The van der Waals surface area contributed by atoms with Gasteiger partial charge in [-0.15, -0.1) is 0 Å². The molecule has 0 spiro atoms. The van der Waals surface area contributed by atoms with Crippen molar-refractivity contribution in [3.8, 4) is 0 Å². The van der Waals surface area contributed by atoms with E-state index in [4.69, 9.17) is 0 Å². The molecule has 0 unspecified atom stereocenters. The third-order valence-electron chi connectivity index (χ3n) is 1.88. The number of hydrogen-bond donors (Lipinski definition) is 1. The van der Waals surface area contributed by atoms with Gasteiger partial charge in [0.2, 0.25) is 10.9 Å². The van der Waals surface area contributed by atoms with Gasteiger partial charge in [-0.2, -0.15) is 0 Å². The molecule has 0 aliphatic rings. The number of rotatable bonds is 3. The fourth-order valence-electron chi connectivity index (χ4n) is 1.31. The van der Waals surface area contributed by atoms with E-state index in [2.05, 4.69) is 5.32 Å². The summed E-state index contributed by atoms with van der Waals surface area (Å²) in [6, 6.07) is 0. The average molecular weight is 167 g/mol. The second-order valence-electron chi connectivity index (χ2n) is 3.13. The minimum Gasteiger partial charge on any atom is -0.382 e. The lowest BCUT2D eigenvalue weighted by Crippen LogP contribution is -2.39. The lowest BCUT2D eigenvalue weighted by molar-refractivity contribution is 0.841. The predicted molar refractivity (Wildman–Crippen MR) is 49.6 cm³/mol. The summed E-state index contributed by atoms with van der Waals surface area (Å²) < 4.78 is 0. The van der Waals surface area contributed by atoms with Crippen LogP contribution in [0.1, 0.15) is 32.3 Å². The van der Waals surface area contributed by atoms with Gasteiger partial charge in [0.1, 0.15) is 0 Å². The summed E-state index contributed by atoms with van der Waals surface area (Å²) in [4.78, 5) is 22.0. The first-order chi connectivity index (χ1) is 5.59. The second-order valence-corrected chi connectivity index (χ2v) is 3.13. The normalized spacial score (nSPS) is 11.0. The summed E-state index contributed by atoms with van der Waals surface area (Å²) >= 11 is 0. The van der Waals surface area contributed by atoms with E-state index in [9.17, 15) is 9.59 Å². The highest BCUT2D eigenvalue weighted by Gasteiger charge is 2.21. The number of anilines is 1. The van der Waals surface area contributed by atoms with Gasteiger partial charge in [0.15, 0.2) is 0 Å². The van der Waals surface area contributed by atoms with Crippen molar-refractivity contribution in [1.29, 1.82) is 0 Å². The topological polar surface area (TPSA) is 46.2 Å². The summed E-state index contributed by atoms with van der Waals surface area (Å²) in [7, 11) is 0. The Morgan fingerprint density at radius 2 is 1.83 bits per heavy atom. The highest BCUT2D eigenvalue weighted by Crippen LogP contribution is 2.17. The van der Waals surface area contributed by atoms with Crippen LogP contribution in [0.3, 0.4) is 0 Å². The van der Waals surface area contributed by atoms with Gasteiger partial charge in [-0.3, -0.25) is 9.59 Å². The van der Waals surface area contributed by atoms with Gasteiger partial charge in [0, 0.05) is 12.1 Å². The quantitative estimate of drug-likeness (QED) is 0.678. The van der Waals surface area contributed by atoms with Crippen LogP contribution in [0.2, 0.25) is 0 Å². The van der Waals surface area contributed by atoms with E-state index in [0.717, 1.165) is 0 Å². The molecule has 0 atom stereocenters. The van der Waals surface area contributed by atoms with E-state index >= 15 is 0 Å². The molecule has 1 N–H and O–H groups in total. The van der Waals surface area contributed by atoms with Crippen molar-refractivity contribution >= 4 is 5.69 Å². The number of nitrogens with one attached hydrogen (secondary N) is 1. The Morgan fingerprint density at radius 1 is 1.25 bits per heavy atom. The van der Waals surface area contributed by atoms with Gasteiger partial charge >= 0.3 is 0 Å². The first-order valence-corrected chi connectivity index (χ1v) is 4.16. The Bertz CT molecular complexity index is 345. The molecule has 0 heterocycles. The molecule has 0 amide bonds. The van der Waals surface area contributed by atoms with Gasteiger partial charge in [0.05, 0.1) is 5.69 Å². The summed E-state index contributed by atoms with van der Waals surface area (Å²) in [5.41, 5.74) is 0.501. The fraction of sp³-hybridized carbons (Fsp3) is 0.556. The molecule has 0 bridgehead atoms. The Kier molecular flexibility index (Phi) is 2.31. The van der Waals surface area contributed by atoms with E-state index < -0.39 is 0 Å². The van der Waals surface area contributed by atoms with Crippen molar-refractivity contribution in [3.05, 3.63) is 26.0 Å². The molecule has 0 fully saturated rings. The molecular formula is C9H13NO2. The van der Waals surface area contributed by atoms with Gasteiger partial charge < -0.3 is 5.32 Å². The van der Waals surface area contributed by atoms with E-state index in [0.29, 0.717) is 17.8 Å². The predicted octanol–water partition coefficient (Wildman–Crippen LogP) is 0.838. The van der Waals surface area contributed by atoms with Crippen LogP contribution in [-0.4, -0.2) is 6.54 Å². The molecular weight excluding hydrogens is 154 g/mol. The summed E-state index contributed by atoms with van der Waals surface area (Å²) in [5, 5.41) is 2.90. The minimum absolute atomic E-state index is 0.143. The minimum atomic E-state index is -0.361. The second kappa shape index (κ2) is 3.09. The van der Waals surface area contributed by atoms with Gasteiger partial charge in [0.25, 0.3) is 0 Å². The zero-order valence-electron chi connectivity index (χ0n) is 7.60. The molecule has 0 aromatic heterocycles. The van der Waals surface area contributed by atoms with Crippen molar-refractivity contribution in [1.82, 2.24) is 0 Å². The molecule has 66 valence electrons. The maximum absolute atomic E-state index is 11.0. The zero-order valence-corrected chi connectivity index (χ0v) is 7.60. The molecule has 3 heteroatoms. The van der Waals surface area contributed by atoms with Crippen molar-refractivity contribution in [3.63, 3.8) is 0 Å². The van der Waals surface area contributed by atoms with Crippen LogP contribution >= 0.6 is 0 Å². The van der Waals surface area contributed by atoms with Crippen molar-refractivity contribution in [2.24, 2.45) is 0 Å². The summed E-state index contributed by atoms with van der Waals surface area (Å²) in [5.74, 6) is 0.143. The molecule has 1 aromatic rings. The monoisotopic (exact) mass is 167 g/mol. The van der Waals surface area contributed by atoms with E-state index in [1.54, 1.807) is 0 Å². The highest BCUT2D eigenvalue weighted by molar-refractivity contribution is 5.57. The smallest absolute Gasteiger partial charge is 0.249 e.